The van der Waals surface area contributed by atoms with Crippen LogP contribution in [0.3, 0.4) is 0 Å². The average Bonchev–Trinajstić information content (AvgIpc) is 3.47. The summed E-state index contributed by atoms with van der Waals surface area (Å²) in [6.07, 6.45) is 8.75. The maximum absolute atomic E-state index is 5.57. The van der Waals surface area contributed by atoms with Gasteiger partial charge in [-0.1, -0.05) is 18.2 Å². The molecular formula is C21H22IN7O. The summed E-state index contributed by atoms with van der Waals surface area (Å²) in [5.41, 5.74) is 2.84. The molecule has 0 fully saturated rings. The Morgan fingerprint density at radius 3 is 2.70 bits per heavy atom. The number of imidazole rings is 1. The molecule has 0 spiro atoms. The molecule has 0 bridgehead atoms. The first-order valence-corrected chi connectivity index (χ1v) is 9.19. The highest BCUT2D eigenvalue weighted by Crippen LogP contribution is 2.17. The average molecular weight is 515 g/mol. The Kier molecular flexibility index (Phi) is 7.55. The summed E-state index contributed by atoms with van der Waals surface area (Å²) in [6.45, 7) is 1.12. The van der Waals surface area contributed by atoms with E-state index in [1.54, 1.807) is 32.0 Å². The Morgan fingerprint density at radius 2 is 1.93 bits per heavy atom. The van der Waals surface area contributed by atoms with Crippen molar-refractivity contribution in [3.05, 3.63) is 84.9 Å². The van der Waals surface area contributed by atoms with E-state index in [4.69, 9.17) is 4.42 Å². The van der Waals surface area contributed by atoms with Gasteiger partial charge in [0.15, 0.2) is 5.96 Å². The molecule has 3 heterocycles. The Morgan fingerprint density at radius 1 is 1.10 bits per heavy atom. The number of nitrogens with zero attached hydrogens (tertiary/aromatic N) is 5. The molecule has 0 amide bonds. The monoisotopic (exact) mass is 515 g/mol. The number of guanidine groups is 1. The second kappa shape index (κ2) is 10.5. The van der Waals surface area contributed by atoms with Gasteiger partial charge >= 0.3 is 0 Å². The molecule has 0 atom stereocenters. The van der Waals surface area contributed by atoms with Gasteiger partial charge in [0.1, 0.15) is 18.4 Å². The minimum atomic E-state index is 0. The van der Waals surface area contributed by atoms with Crippen LogP contribution in [0.4, 0.5) is 0 Å². The molecule has 0 aliphatic rings. The minimum Gasteiger partial charge on any atom is -0.444 e. The fraction of sp³-hybridized carbons (Fsp3) is 0.143. The first kappa shape index (κ1) is 21.5. The van der Waals surface area contributed by atoms with E-state index in [1.807, 2.05) is 53.2 Å². The molecule has 154 valence electrons. The van der Waals surface area contributed by atoms with Gasteiger partial charge in [-0.05, 0) is 29.8 Å². The van der Waals surface area contributed by atoms with Crippen LogP contribution in [0.15, 0.2) is 83.1 Å². The summed E-state index contributed by atoms with van der Waals surface area (Å²) in [5, 5.41) is 6.54. The second-order valence-corrected chi connectivity index (χ2v) is 6.28. The van der Waals surface area contributed by atoms with Crippen molar-refractivity contribution in [3.63, 3.8) is 0 Å². The largest absolute Gasteiger partial charge is 0.444 e. The number of rotatable bonds is 6. The molecule has 8 nitrogen and oxygen atoms in total. The Labute approximate surface area is 191 Å². The predicted molar refractivity (Wildman–Crippen MR) is 126 cm³/mol. The number of aromatic nitrogens is 4. The van der Waals surface area contributed by atoms with E-state index < -0.39 is 0 Å². The van der Waals surface area contributed by atoms with Crippen LogP contribution in [-0.4, -0.2) is 32.5 Å². The van der Waals surface area contributed by atoms with Crippen LogP contribution in [0.5, 0.6) is 0 Å². The molecule has 30 heavy (non-hydrogen) atoms. The fourth-order valence-corrected chi connectivity index (χ4v) is 2.79. The van der Waals surface area contributed by atoms with Crippen LogP contribution in [-0.2, 0) is 13.1 Å². The summed E-state index contributed by atoms with van der Waals surface area (Å²) in [5.74, 6) is 2.10. The number of hydrogen-bond acceptors (Lipinski definition) is 5. The Balaban J connectivity index is 0.00000256. The van der Waals surface area contributed by atoms with Crippen LogP contribution in [0.2, 0.25) is 0 Å². The van der Waals surface area contributed by atoms with Gasteiger partial charge in [0, 0.05) is 37.7 Å². The topological polar surface area (TPSA) is 93.2 Å². The molecule has 1 aromatic carbocycles. The zero-order chi connectivity index (χ0) is 19.9. The second-order valence-electron chi connectivity index (χ2n) is 6.28. The van der Waals surface area contributed by atoms with E-state index in [1.165, 1.54) is 0 Å². The quantitative estimate of drug-likeness (QED) is 0.232. The molecule has 0 unspecified atom stereocenters. The Bertz CT molecular complexity index is 1080. The molecular weight excluding hydrogens is 493 g/mol. The van der Waals surface area contributed by atoms with Crippen LogP contribution < -0.4 is 10.6 Å². The van der Waals surface area contributed by atoms with E-state index in [0.717, 1.165) is 22.6 Å². The van der Waals surface area contributed by atoms with Gasteiger partial charge in [0.05, 0.1) is 12.2 Å². The summed E-state index contributed by atoms with van der Waals surface area (Å²) in [7, 11) is 1.73. The lowest BCUT2D eigenvalue weighted by Crippen LogP contribution is -2.36. The van der Waals surface area contributed by atoms with E-state index in [-0.39, 0.29) is 24.0 Å². The van der Waals surface area contributed by atoms with Gasteiger partial charge in [0.2, 0.25) is 5.89 Å². The number of nitrogens with one attached hydrogen (secondary N) is 2. The molecule has 0 radical (unpaired) electrons. The van der Waals surface area contributed by atoms with Gasteiger partial charge in [-0.3, -0.25) is 9.56 Å². The van der Waals surface area contributed by atoms with Crippen molar-refractivity contribution in [1.82, 2.24) is 30.2 Å². The first-order chi connectivity index (χ1) is 14.3. The highest BCUT2D eigenvalue weighted by Gasteiger charge is 2.07. The number of aliphatic imine (C=N–C) groups is 1. The molecule has 9 heteroatoms. The normalized spacial score (nSPS) is 11.0. The molecule has 0 aliphatic heterocycles. The maximum Gasteiger partial charge on any atom is 0.226 e. The number of oxazole rings is 1. The van der Waals surface area contributed by atoms with Crippen LogP contribution >= 0.6 is 24.0 Å². The Hall–Kier alpha value is -3.21. The van der Waals surface area contributed by atoms with Crippen LogP contribution in [0.25, 0.3) is 17.3 Å². The van der Waals surface area contributed by atoms with E-state index in [0.29, 0.717) is 24.9 Å². The smallest absolute Gasteiger partial charge is 0.226 e. The predicted octanol–water partition coefficient (Wildman–Crippen LogP) is 3.41. The van der Waals surface area contributed by atoms with Crippen molar-refractivity contribution >= 4 is 29.9 Å². The van der Waals surface area contributed by atoms with Crippen LogP contribution in [0.1, 0.15) is 11.3 Å². The summed E-state index contributed by atoms with van der Waals surface area (Å²) in [4.78, 5) is 17.2. The van der Waals surface area contributed by atoms with Crippen LogP contribution in [0, 0.1) is 0 Å². The number of benzene rings is 1. The van der Waals surface area contributed by atoms with E-state index >= 15 is 0 Å². The summed E-state index contributed by atoms with van der Waals surface area (Å²) in [6, 6.07) is 13.8. The minimum absolute atomic E-state index is 0. The molecule has 4 rings (SSSR count). The number of pyridine rings is 1. The SMILES string of the molecule is CN=C(NCc1ccnc(-n2ccnc2)c1)NCc1coc(-c2ccccc2)n1.I. The highest BCUT2D eigenvalue weighted by molar-refractivity contribution is 14.0. The maximum atomic E-state index is 5.57. The van der Waals surface area contributed by atoms with Crippen molar-refractivity contribution in [2.45, 2.75) is 13.1 Å². The molecule has 0 saturated heterocycles. The van der Waals surface area contributed by atoms with Gasteiger partial charge < -0.3 is 15.1 Å². The number of halogens is 1. The standard InChI is InChI=1S/C21H21N7O.HI/c1-22-21(25-12-16-7-8-24-19(11-16)28-10-9-23-15-28)26-13-18-14-29-20(27-18)17-5-3-2-4-6-17;/h2-11,14-15H,12-13H2,1H3,(H2,22,25,26);1H. The fourth-order valence-electron chi connectivity index (χ4n) is 2.79. The van der Waals surface area contributed by atoms with Gasteiger partial charge in [-0.15, -0.1) is 24.0 Å². The molecule has 0 saturated carbocycles. The summed E-state index contributed by atoms with van der Waals surface area (Å²) >= 11 is 0. The highest BCUT2D eigenvalue weighted by atomic mass is 127. The van der Waals surface area contributed by atoms with E-state index in [2.05, 4.69) is 30.6 Å². The van der Waals surface area contributed by atoms with Gasteiger partial charge in [-0.25, -0.2) is 15.0 Å². The number of hydrogen-bond donors (Lipinski definition) is 2. The van der Waals surface area contributed by atoms with Crippen molar-refractivity contribution in [2.24, 2.45) is 4.99 Å². The molecule has 3 aromatic heterocycles. The lowest BCUT2D eigenvalue weighted by atomic mass is 10.2. The van der Waals surface area contributed by atoms with Gasteiger partial charge in [-0.2, -0.15) is 0 Å². The lowest BCUT2D eigenvalue weighted by molar-refractivity contribution is 0.572. The van der Waals surface area contributed by atoms with Crippen molar-refractivity contribution in [3.8, 4) is 17.3 Å². The third kappa shape index (κ3) is 5.44. The third-order valence-corrected chi connectivity index (χ3v) is 4.27. The van der Waals surface area contributed by atoms with Crippen molar-refractivity contribution < 1.29 is 4.42 Å². The van der Waals surface area contributed by atoms with Gasteiger partial charge in [0.25, 0.3) is 0 Å². The summed E-state index contributed by atoms with van der Waals surface area (Å²) < 4.78 is 7.44. The zero-order valence-corrected chi connectivity index (χ0v) is 18.7. The molecule has 4 aromatic rings. The lowest BCUT2D eigenvalue weighted by Gasteiger charge is -2.11. The third-order valence-electron chi connectivity index (χ3n) is 4.27. The zero-order valence-electron chi connectivity index (χ0n) is 16.4. The van der Waals surface area contributed by atoms with Crippen molar-refractivity contribution in [1.29, 1.82) is 0 Å². The molecule has 2 N–H and O–H groups in total. The van der Waals surface area contributed by atoms with E-state index in [9.17, 15) is 0 Å². The molecule has 0 aliphatic carbocycles. The first-order valence-electron chi connectivity index (χ1n) is 9.19. The van der Waals surface area contributed by atoms with Crippen molar-refractivity contribution in [2.75, 3.05) is 7.05 Å².